The summed E-state index contributed by atoms with van der Waals surface area (Å²) in [6, 6.07) is 9.13. The molecule has 0 saturated carbocycles. The molecule has 1 atom stereocenters. The molecule has 0 radical (unpaired) electrons. The molecule has 0 bridgehead atoms. The second-order valence-electron chi connectivity index (χ2n) is 2.84. The number of hydrogen-bond donors (Lipinski definition) is 1. The van der Waals surface area contributed by atoms with Gasteiger partial charge in [0.25, 0.3) is 0 Å². The highest BCUT2D eigenvalue weighted by atomic mass is 32.2. The zero-order chi connectivity index (χ0) is 10.1. The first-order chi connectivity index (χ1) is 6.70. The number of fused-ring (bicyclic) bond motifs is 1. The zero-order valence-corrected chi connectivity index (χ0v) is 7.92. The van der Waals surface area contributed by atoms with Crippen LogP contribution in [0.3, 0.4) is 0 Å². The Balaban J connectivity index is 2.88. The molecule has 2 nitrogen and oxygen atoms in total. The third-order valence-corrected chi connectivity index (χ3v) is 2.75. The first-order valence-electron chi connectivity index (χ1n) is 3.98. The maximum atomic E-state index is 13.2. The minimum atomic E-state index is -2.08. The van der Waals surface area contributed by atoms with Crippen LogP contribution in [0, 0.1) is 5.82 Å². The van der Waals surface area contributed by atoms with Gasteiger partial charge >= 0.3 is 0 Å². The van der Waals surface area contributed by atoms with Crippen molar-refractivity contribution in [2.45, 2.75) is 4.90 Å². The van der Waals surface area contributed by atoms with E-state index in [1.165, 1.54) is 12.1 Å². The molecule has 2 rings (SSSR count). The molecule has 2 aromatic carbocycles. The Morgan fingerprint density at radius 2 is 1.71 bits per heavy atom. The maximum absolute atomic E-state index is 13.2. The number of halogens is 1. The standard InChI is InChI=1S/C10H7FO2S/c11-9-5-6-10(14(12)13)8-4-2-1-3-7(8)9/h1-6H,(H,12,13). The third-order valence-electron chi connectivity index (χ3n) is 2.02. The lowest BCUT2D eigenvalue weighted by Crippen LogP contribution is -1.91. The van der Waals surface area contributed by atoms with Crippen molar-refractivity contribution in [3.63, 3.8) is 0 Å². The molecule has 4 heteroatoms. The molecule has 0 saturated heterocycles. The Bertz CT molecular complexity index is 510. The van der Waals surface area contributed by atoms with E-state index in [2.05, 4.69) is 0 Å². The van der Waals surface area contributed by atoms with E-state index in [0.717, 1.165) is 0 Å². The summed E-state index contributed by atoms with van der Waals surface area (Å²) in [5, 5.41) is 0.848. The van der Waals surface area contributed by atoms with Crippen LogP contribution in [0.4, 0.5) is 4.39 Å². The van der Waals surface area contributed by atoms with Crippen LogP contribution in [0.2, 0.25) is 0 Å². The monoisotopic (exact) mass is 210 g/mol. The van der Waals surface area contributed by atoms with Gasteiger partial charge in [0.2, 0.25) is 0 Å². The molecule has 0 spiro atoms. The van der Waals surface area contributed by atoms with Crippen LogP contribution < -0.4 is 0 Å². The summed E-state index contributed by atoms with van der Waals surface area (Å²) < 4.78 is 33.1. The Hall–Kier alpha value is -1.26. The molecule has 0 aliphatic rings. The van der Waals surface area contributed by atoms with E-state index in [1.54, 1.807) is 24.3 Å². The molecule has 1 unspecified atom stereocenters. The fraction of sp³-hybridized carbons (Fsp3) is 0. The molecule has 72 valence electrons. The number of benzene rings is 2. The summed E-state index contributed by atoms with van der Waals surface area (Å²) in [6.07, 6.45) is 0. The summed E-state index contributed by atoms with van der Waals surface area (Å²) in [7, 11) is 0. The van der Waals surface area contributed by atoms with Crippen molar-refractivity contribution < 1.29 is 13.2 Å². The quantitative estimate of drug-likeness (QED) is 0.734. The predicted octanol–water partition coefficient (Wildman–Crippen LogP) is 2.56. The summed E-state index contributed by atoms with van der Waals surface area (Å²) in [4.78, 5) is 0.238. The Kier molecular flexibility index (Phi) is 2.31. The molecule has 0 aromatic heterocycles. The third kappa shape index (κ3) is 1.42. The van der Waals surface area contributed by atoms with Gasteiger partial charge in [0.1, 0.15) is 5.82 Å². The van der Waals surface area contributed by atoms with E-state index in [1.807, 2.05) is 0 Å². The highest BCUT2D eigenvalue weighted by Crippen LogP contribution is 2.23. The minimum Gasteiger partial charge on any atom is -0.302 e. The second-order valence-corrected chi connectivity index (χ2v) is 3.78. The summed E-state index contributed by atoms with van der Waals surface area (Å²) >= 11 is -2.08. The van der Waals surface area contributed by atoms with Crippen LogP contribution >= 0.6 is 0 Å². The predicted molar refractivity (Wildman–Crippen MR) is 52.9 cm³/mol. The number of rotatable bonds is 1. The van der Waals surface area contributed by atoms with Gasteiger partial charge in [0.15, 0.2) is 11.1 Å². The lowest BCUT2D eigenvalue weighted by molar-refractivity contribution is 0.565. The van der Waals surface area contributed by atoms with Crippen molar-refractivity contribution in [3.05, 3.63) is 42.2 Å². The minimum absolute atomic E-state index is 0.238. The van der Waals surface area contributed by atoms with Crippen LogP contribution in [-0.2, 0) is 11.1 Å². The number of hydrogen-bond acceptors (Lipinski definition) is 1. The Morgan fingerprint density at radius 1 is 1.07 bits per heavy atom. The van der Waals surface area contributed by atoms with E-state index in [-0.39, 0.29) is 10.7 Å². The van der Waals surface area contributed by atoms with E-state index in [9.17, 15) is 8.60 Å². The summed E-state index contributed by atoms with van der Waals surface area (Å²) in [6.45, 7) is 0. The average Bonchev–Trinajstić information content (AvgIpc) is 2.18. The Labute approximate surface area is 82.7 Å². The van der Waals surface area contributed by atoms with Crippen molar-refractivity contribution in [2.75, 3.05) is 0 Å². The van der Waals surface area contributed by atoms with E-state index in [0.29, 0.717) is 10.8 Å². The van der Waals surface area contributed by atoms with E-state index in [4.69, 9.17) is 4.55 Å². The van der Waals surface area contributed by atoms with Crippen molar-refractivity contribution in [1.29, 1.82) is 0 Å². The second kappa shape index (κ2) is 3.48. The molecule has 0 fully saturated rings. The summed E-state index contributed by atoms with van der Waals surface area (Å²) in [5.74, 6) is -0.380. The highest BCUT2D eigenvalue weighted by Gasteiger charge is 2.08. The van der Waals surface area contributed by atoms with Gasteiger partial charge in [0.05, 0.1) is 4.90 Å². The average molecular weight is 210 g/mol. The van der Waals surface area contributed by atoms with Gasteiger partial charge in [-0.3, -0.25) is 0 Å². The molecule has 0 aliphatic heterocycles. The van der Waals surface area contributed by atoms with Gasteiger partial charge in [-0.1, -0.05) is 24.3 Å². The topological polar surface area (TPSA) is 37.3 Å². The fourth-order valence-corrected chi connectivity index (χ4v) is 1.94. The van der Waals surface area contributed by atoms with Crippen LogP contribution in [-0.4, -0.2) is 8.76 Å². The van der Waals surface area contributed by atoms with Crippen LogP contribution in [0.25, 0.3) is 10.8 Å². The normalized spacial score (nSPS) is 13.0. The molecular weight excluding hydrogens is 203 g/mol. The van der Waals surface area contributed by atoms with Crippen LogP contribution in [0.1, 0.15) is 0 Å². The first-order valence-corrected chi connectivity index (χ1v) is 5.09. The van der Waals surface area contributed by atoms with Gasteiger partial charge < -0.3 is 4.55 Å². The van der Waals surface area contributed by atoms with Gasteiger partial charge in [-0.05, 0) is 12.1 Å². The lowest BCUT2D eigenvalue weighted by Gasteiger charge is -2.02. The van der Waals surface area contributed by atoms with E-state index < -0.39 is 11.1 Å². The van der Waals surface area contributed by atoms with Crippen molar-refractivity contribution in [1.82, 2.24) is 0 Å². The molecule has 14 heavy (non-hydrogen) atoms. The van der Waals surface area contributed by atoms with Crippen molar-refractivity contribution in [3.8, 4) is 0 Å². The summed E-state index contributed by atoms with van der Waals surface area (Å²) in [5.41, 5.74) is 0. The molecule has 0 heterocycles. The fourth-order valence-electron chi connectivity index (χ4n) is 1.39. The van der Waals surface area contributed by atoms with Crippen LogP contribution in [0.15, 0.2) is 41.3 Å². The first kappa shape index (κ1) is 9.30. The molecule has 2 aromatic rings. The van der Waals surface area contributed by atoms with Gasteiger partial charge in [-0.15, -0.1) is 0 Å². The maximum Gasteiger partial charge on any atom is 0.187 e. The zero-order valence-electron chi connectivity index (χ0n) is 7.11. The van der Waals surface area contributed by atoms with Crippen molar-refractivity contribution in [2.24, 2.45) is 0 Å². The molecule has 1 N–H and O–H groups in total. The Morgan fingerprint density at radius 3 is 2.36 bits per heavy atom. The van der Waals surface area contributed by atoms with E-state index >= 15 is 0 Å². The molecule has 0 amide bonds. The molecular formula is C10H7FO2S. The SMILES string of the molecule is O=S(O)c1ccc(F)c2ccccc12. The largest absolute Gasteiger partial charge is 0.302 e. The van der Waals surface area contributed by atoms with Gasteiger partial charge in [0, 0.05) is 10.8 Å². The highest BCUT2D eigenvalue weighted by molar-refractivity contribution is 7.79. The van der Waals surface area contributed by atoms with Crippen LogP contribution in [0.5, 0.6) is 0 Å². The lowest BCUT2D eigenvalue weighted by atomic mass is 10.1. The van der Waals surface area contributed by atoms with Gasteiger partial charge in [-0.25, -0.2) is 8.60 Å². The van der Waals surface area contributed by atoms with Crippen molar-refractivity contribution >= 4 is 21.9 Å². The van der Waals surface area contributed by atoms with Gasteiger partial charge in [-0.2, -0.15) is 0 Å². The molecule has 0 aliphatic carbocycles. The smallest absolute Gasteiger partial charge is 0.187 e.